The standard InChI is InChI=1S/C15H10N4O5/c1-9-16-12-4-2-3-5-13(12)17(9)15(20)11-7-6-10(18(21)22)8-14(11)19(23)24/h2-8H,1H3. The topological polar surface area (TPSA) is 121 Å². The lowest BCUT2D eigenvalue weighted by atomic mass is 10.1. The van der Waals surface area contributed by atoms with Gasteiger partial charge >= 0.3 is 0 Å². The van der Waals surface area contributed by atoms with Crippen molar-refractivity contribution in [2.24, 2.45) is 0 Å². The van der Waals surface area contributed by atoms with E-state index in [4.69, 9.17) is 0 Å². The van der Waals surface area contributed by atoms with E-state index in [1.807, 2.05) is 0 Å². The number of nitro groups is 2. The molecule has 0 bridgehead atoms. The molecule has 0 amide bonds. The molecule has 0 saturated heterocycles. The normalized spacial score (nSPS) is 10.7. The maximum atomic E-state index is 12.8. The zero-order chi connectivity index (χ0) is 17.4. The Morgan fingerprint density at radius 3 is 2.46 bits per heavy atom. The van der Waals surface area contributed by atoms with Gasteiger partial charge in [-0.3, -0.25) is 29.6 Å². The van der Waals surface area contributed by atoms with E-state index in [-0.39, 0.29) is 5.56 Å². The highest BCUT2D eigenvalue weighted by Crippen LogP contribution is 2.27. The van der Waals surface area contributed by atoms with Crippen LogP contribution in [0, 0.1) is 27.2 Å². The fourth-order valence-corrected chi connectivity index (χ4v) is 2.49. The summed E-state index contributed by atoms with van der Waals surface area (Å²) in [6, 6.07) is 9.80. The first-order chi connectivity index (χ1) is 11.4. The molecule has 1 heterocycles. The Balaban J connectivity index is 2.21. The summed E-state index contributed by atoms with van der Waals surface area (Å²) in [6.07, 6.45) is 0. The van der Waals surface area contributed by atoms with Crippen molar-refractivity contribution >= 4 is 28.3 Å². The van der Waals surface area contributed by atoms with E-state index < -0.39 is 27.1 Å². The van der Waals surface area contributed by atoms with Gasteiger partial charge in [0.15, 0.2) is 0 Å². The molecule has 9 heteroatoms. The van der Waals surface area contributed by atoms with Gasteiger partial charge in [-0.05, 0) is 25.1 Å². The fraction of sp³-hybridized carbons (Fsp3) is 0.0667. The first-order valence-corrected chi connectivity index (χ1v) is 6.82. The monoisotopic (exact) mass is 326 g/mol. The van der Waals surface area contributed by atoms with E-state index in [1.54, 1.807) is 31.2 Å². The number of benzene rings is 2. The van der Waals surface area contributed by atoms with Crippen LogP contribution in [-0.2, 0) is 0 Å². The van der Waals surface area contributed by atoms with E-state index >= 15 is 0 Å². The predicted molar refractivity (Wildman–Crippen MR) is 83.9 cm³/mol. The number of rotatable bonds is 3. The van der Waals surface area contributed by atoms with E-state index in [9.17, 15) is 25.0 Å². The van der Waals surface area contributed by atoms with Crippen molar-refractivity contribution in [1.82, 2.24) is 9.55 Å². The lowest BCUT2D eigenvalue weighted by Crippen LogP contribution is -2.15. The third-order valence-corrected chi connectivity index (χ3v) is 3.55. The highest BCUT2D eigenvalue weighted by Gasteiger charge is 2.26. The van der Waals surface area contributed by atoms with E-state index in [0.29, 0.717) is 16.9 Å². The molecule has 0 atom stereocenters. The van der Waals surface area contributed by atoms with Crippen LogP contribution in [0.3, 0.4) is 0 Å². The number of carbonyl (C=O) groups excluding carboxylic acids is 1. The summed E-state index contributed by atoms with van der Waals surface area (Å²) >= 11 is 0. The Morgan fingerprint density at radius 1 is 1.08 bits per heavy atom. The molecule has 24 heavy (non-hydrogen) atoms. The number of aryl methyl sites for hydroxylation is 1. The van der Waals surface area contributed by atoms with Gasteiger partial charge in [0, 0.05) is 6.07 Å². The van der Waals surface area contributed by atoms with Gasteiger partial charge in [-0.1, -0.05) is 12.1 Å². The number of hydrogen-bond donors (Lipinski definition) is 0. The molecule has 0 N–H and O–H groups in total. The summed E-state index contributed by atoms with van der Waals surface area (Å²) in [4.78, 5) is 37.5. The van der Waals surface area contributed by atoms with E-state index in [0.717, 1.165) is 18.2 Å². The Bertz CT molecular complexity index is 1010. The second kappa shape index (κ2) is 5.54. The quantitative estimate of drug-likeness (QED) is 0.539. The van der Waals surface area contributed by atoms with Crippen molar-refractivity contribution in [3.05, 3.63) is 74.1 Å². The molecule has 120 valence electrons. The van der Waals surface area contributed by atoms with E-state index in [1.165, 1.54) is 4.57 Å². The molecule has 0 aliphatic heterocycles. The number of fused-ring (bicyclic) bond motifs is 1. The molecule has 0 spiro atoms. The number of aromatic nitrogens is 2. The van der Waals surface area contributed by atoms with Gasteiger partial charge in [0.05, 0.1) is 26.9 Å². The molecule has 0 saturated carbocycles. The van der Waals surface area contributed by atoms with E-state index in [2.05, 4.69) is 4.98 Å². The Kier molecular flexibility index (Phi) is 3.53. The second-order valence-electron chi connectivity index (χ2n) is 5.00. The fourth-order valence-electron chi connectivity index (χ4n) is 2.49. The first kappa shape index (κ1) is 15.3. The predicted octanol–water partition coefficient (Wildman–Crippen LogP) is 2.85. The van der Waals surface area contributed by atoms with Crippen LogP contribution in [0.4, 0.5) is 11.4 Å². The highest BCUT2D eigenvalue weighted by molar-refractivity contribution is 6.04. The lowest BCUT2D eigenvalue weighted by Gasteiger charge is -2.06. The highest BCUT2D eigenvalue weighted by atomic mass is 16.6. The summed E-state index contributed by atoms with van der Waals surface area (Å²) in [5, 5.41) is 22.0. The number of hydrogen-bond acceptors (Lipinski definition) is 6. The van der Waals surface area contributed by atoms with Gasteiger partial charge < -0.3 is 0 Å². The minimum absolute atomic E-state index is 0.239. The molecular weight excluding hydrogens is 316 g/mol. The SMILES string of the molecule is Cc1nc2ccccc2n1C(=O)c1ccc([N+](=O)[O-])cc1[N+](=O)[O-]. The third-order valence-electron chi connectivity index (χ3n) is 3.55. The molecule has 9 nitrogen and oxygen atoms in total. The van der Waals surface area contributed by atoms with Crippen molar-refractivity contribution in [2.45, 2.75) is 6.92 Å². The second-order valence-corrected chi connectivity index (χ2v) is 5.00. The van der Waals surface area contributed by atoms with Crippen molar-refractivity contribution in [1.29, 1.82) is 0 Å². The molecular formula is C15H10N4O5. The van der Waals surface area contributed by atoms with Gasteiger partial charge in [0.2, 0.25) is 0 Å². The zero-order valence-electron chi connectivity index (χ0n) is 12.4. The molecule has 0 aliphatic carbocycles. The number of para-hydroxylation sites is 2. The van der Waals surface area contributed by atoms with Crippen molar-refractivity contribution in [3.63, 3.8) is 0 Å². The van der Waals surface area contributed by atoms with Gasteiger partial charge in [-0.25, -0.2) is 4.98 Å². The summed E-state index contributed by atoms with van der Waals surface area (Å²) in [7, 11) is 0. The van der Waals surface area contributed by atoms with Gasteiger partial charge in [-0.2, -0.15) is 0 Å². The average molecular weight is 326 g/mol. The number of imidazole rings is 1. The summed E-state index contributed by atoms with van der Waals surface area (Å²) < 4.78 is 1.25. The van der Waals surface area contributed by atoms with Gasteiger partial charge in [0.1, 0.15) is 11.4 Å². The molecule has 0 aliphatic rings. The van der Waals surface area contributed by atoms with Crippen molar-refractivity contribution in [2.75, 3.05) is 0 Å². The third kappa shape index (κ3) is 2.37. The first-order valence-electron chi connectivity index (χ1n) is 6.82. The van der Waals surface area contributed by atoms with Crippen LogP contribution in [0.15, 0.2) is 42.5 Å². The van der Waals surface area contributed by atoms with Crippen LogP contribution >= 0.6 is 0 Å². The molecule has 3 rings (SSSR count). The Morgan fingerprint density at radius 2 is 1.79 bits per heavy atom. The lowest BCUT2D eigenvalue weighted by molar-refractivity contribution is -0.394. The van der Waals surface area contributed by atoms with Crippen LogP contribution in [0.1, 0.15) is 16.2 Å². The number of nitrogens with zero attached hydrogens (tertiary/aromatic N) is 4. The summed E-state index contributed by atoms with van der Waals surface area (Å²) in [6.45, 7) is 1.61. The van der Waals surface area contributed by atoms with Crippen LogP contribution in [0.5, 0.6) is 0 Å². The molecule has 1 aromatic heterocycles. The van der Waals surface area contributed by atoms with Crippen molar-refractivity contribution < 1.29 is 14.6 Å². The minimum Gasteiger partial charge on any atom is -0.268 e. The maximum Gasteiger partial charge on any atom is 0.289 e. The largest absolute Gasteiger partial charge is 0.289 e. The minimum atomic E-state index is -0.811. The van der Waals surface area contributed by atoms with Gasteiger partial charge in [-0.15, -0.1) is 0 Å². The van der Waals surface area contributed by atoms with Crippen LogP contribution < -0.4 is 0 Å². The number of carbonyl (C=O) groups is 1. The smallest absolute Gasteiger partial charge is 0.268 e. The molecule has 2 aromatic carbocycles. The average Bonchev–Trinajstić information content (AvgIpc) is 2.89. The number of non-ortho nitro benzene ring substituents is 1. The van der Waals surface area contributed by atoms with Gasteiger partial charge in [0.25, 0.3) is 17.3 Å². The summed E-state index contributed by atoms with van der Waals surface area (Å²) in [5.74, 6) is -0.295. The molecule has 0 fully saturated rings. The maximum absolute atomic E-state index is 12.8. The number of nitro benzene ring substituents is 2. The zero-order valence-corrected chi connectivity index (χ0v) is 12.4. The Labute approximate surface area is 134 Å². The Hall–Kier alpha value is -3.62. The van der Waals surface area contributed by atoms with Crippen LogP contribution in [0.25, 0.3) is 11.0 Å². The summed E-state index contributed by atoms with van der Waals surface area (Å²) in [5.41, 5.74) is -0.228. The molecule has 3 aromatic rings. The van der Waals surface area contributed by atoms with Crippen LogP contribution in [-0.4, -0.2) is 25.3 Å². The molecule has 0 radical (unpaired) electrons. The van der Waals surface area contributed by atoms with Crippen molar-refractivity contribution in [3.8, 4) is 0 Å². The van der Waals surface area contributed by atoms with Crippen LogP contribution in [0.2, 0.25) is 0 Å². The molecule has 0 unspecified atom stereocenters.